The van der Waals surface area contributed by atoms with Crippen LogP contribution in [0.3, 0.4) is 0 Å². The monoisotopic (exact) mass is 392 g/mol. The molecule has 0 saturated carbocycles. The zero-order valence-corrected chi connectivity index (χ0v) is 15.2. The Bertz CT molecular complexity index is 1160. The van der Waals surface area contributed by atoms with Gasteiger partial charge in [0.25, 0.3) is 0 Å². The number of aromatic nitrogens is 1. The highest BCUT2D eigenvalue weighted by atomic mass is 35.5. The summed E-state index contributed by atoms with van der Waals surface area (Å²) in [5.74, 6) is -1.07. The molecule has 1 fully saturated rings. The lowest BCUT2D eigenvalue weighted by Gasteiger charge is -2.21. The Morgan fingerprint density at radius 3 is 2.79 bits per heavy atom. The molecule has 0 bridgehead atoms. The van der Waals surface area contributed by atoms with Crippen LogP contribution >= 0.6 is 11.6 Å². The number of carboxylic acids is 1. The fourth-order valence-electron chi connectivity index (χ4n) is 3.30. The van der Waals surface area contributed by atoms with E-state index in [1.165, 1.54) is 28.1 Å². The number of fused-ring (bicyclic) bond motifs is 1. The van der Waals surface area contributed by atoms with Gasteiger partial charge in [0.05, 0.1) is 30.1 Å². The Hall–Kier alpha value is -3.63. The van der Waals surface area contributed by atoms with E-state index in [2.05, 4.69) is 11.1 Å². The number of pyridine rings is 1. The summed E-state index contributed by atoms with van der Waals surface area (Å²) in [4.78, 5) is 31.5. The second-order valence-corrected chi connectivity index (χ2v) is 6.72. The van der Waals surface area contributed by atoms with Crippen molar-refractivity contribution in [1.82, 2.24) is 4.98 Å². The van der Waals surface area contributed by atoms with Gasteiger partial charge in [0.1, 0.15) is 6.04 Å². The number of rotatable bonds is 3. The highest BCUT2D eigenvalue weighted by Crippen LogP contribution is 2.34. The predicted octanol–water partition coefficient (Wildman–Crippen LogP) is 3.93. The zero-order valence-electron chi connectivity index (χ0n) is 14.4. The molecule has 0 unspecified atom stereocenters. The van der Waals surface area contributed by atoms with Crippen LogP contribution in [0.4, 0.5) is 16.2 Å². The Kier molecular flexibility index (Phi) is 4.34. The van der Waals surface area contributed by atoms with Crippen molar-refractivity contribution in [2.24, 2.45) is 0 Å². The SMILES string of the molecule is N#C[C@H]1CN(c2cccc(Cl)c2)C(=O)N1c1cncc2ccc(C(=O)O)cc12. The van der Waals surface area contributed by atoms with Crippen molar-refractivity contribution in [1.29, 1.82) is 5.26 Å². The number of amides is 2. The minimum atomic E-state index is -1.07. The summed E-state index contributed by atoms with van der Waals surface area (Å²) < 4.78 is 0. The maximum absolute atomic E-state index is 13.2. The molecule has 0 spiro atoms. The maximum Gasteiger partial charge on any atom is 0.335 e. The van der Waals surface area contributed by atoms with Crippen LogP contribution in [0.15, 0.2) is 54.9 Å². The number of hydrogen-bond acceptors (Lipinski definition) is 4. The molecule has 2 amide bonds. The number of nitriles is 1. The lowest BCUT2D eigenvalue weighted by molar-refractivity contribution is 0.0697. The van der Waals surface area contributed by atoms with Crippen molar-refractivity contribution in [3.05, 3.63) is 65.4 Å². The molecule has 1 aliphatic heterocycles. The summed E-state index contributed by atoms with van der Waals surface area (Å²) in [7, 11) is 0. The predicted molar refractivity (Wildman–Crippen MR) is 105 cm³/mol. The number of anilines is 2. The molecule has 0 radical (unpaired) electrons. The van der Waals surface area contributed by atoms with Crippen LogP contribution in [0.1, 0.15) is 10.4 Å². The van der Waals surface area contributed by atoms with Crippen molar-refractivity contribution in [2.45, 2.75) is 6.04 Å². The van der Waals surface area contributed by atoms with Crippen LogP contribution in [0.25, 0.3) is 10.8 Å². The lowest BCUT2D eigenvalue weighted by atomic mass is 10.1. The first-order valence-corrected chi connectivity index (χ1v) is 8.74. The average Bonchev–Trinajstić information content (AvgIpc) is 3.03. The number of urea groups is 1. The minimum absolute atomic E-state index is 0.0896. The molecule has 2 aromatic carbocycles. The number of carbonyl (C=O) groups excluding carboxylic acids is 1. The van der Waals surface area contributed by atoms with Crippen molar-refractivity contribution < 1.29 is 14.7 Å². The third-order valence-corrected chi connectivity index (χ3v) is 4.85. The molecule has 7 nitrogen and oxygen atoms in total. The molecular formula is C20H13ClN4O3. The summed E-state index contributed by atoms with van der Waals surface area (Å²) in [6.07, 6.45) is 3.05. The van der Waals surface area contributed by atoms with E-state index >= 15 is 0 Å². The van der Waals surface area contributed by atoms with Gasteiger partial charge in [-0.05, 0) is 30.3 Å². The number of halogens is 1. The van der Waals surface area contributed by atoms with Crippen molar-refractivity contribution in [3.63, 3.8) is 0 Å². The summed E-state index contributed by atoms with van der Waals surface area (Å²) in [5.41, 5.74) is 1.06. The second-order valence-electron chi connectivity index (χ2n) is 6.29. The molecule has 1 aliphatic rings. The summed E-state index contributed by atoms with van der Waals surface area (Å²) in [5, 5.41) is 20.6. The number of carboxylic acid groups (broad SMARTS) is 1. The smallest absolute Gasteiger partial charge is 0.335 e. The van der Waals surface area contributed by atoms with Gasteiger partial charge in [-0.2, -0.15) is 5.26 Å². The number of carbonyl (C=O) groups is 2. The topological polar surface area (TPSA) is 97.5 Å². The molecular weight excluding hydrogens is 380 g/mol. The fraction of sp³-hybridized carbons (Fsp3) is 0.100. The Balaban J connectivity index is 1.84. The molecule has 0 aliphatic carbocycles. The van der Waals surface area contributed by atoms with Gasteiger partial charge in [0, 0.05) is 27.7 Å². The first-order chi connectivity index (χ1) is 13.5. The fourth-order valence-corrected chi connectivity index (χ4v) is 3.48. The highest BCUT2D eigenvalue weighted by Gasteiger charge is 2.40. The molecule has 1 saturated heterocycles. The summed E-state index contributed by atoms with van der Waals surface area (Å²) in [6.45, 7) is 0.157. The van der Waals surface area contributed by atoms with E-state index in [0.29, 0.717) is 27.2 Å². The Morgan fingerprint density at radius 2 is 2.07 bits per heavy atom. The van der Waals surface area contributed by atoms with E-state index < -0.39 is 18.0 Å². The van der Waals surface area contributed by atoms with Gasteiger partial charge in [-0.25, -0.2) is 9.59 Å². The standard InChI is InChI=1S/C20H13ClN4O3/c21-14-2-1-3-15(7-14)24-11-16(8-22)25(20(24)28)18-10-23-9-13-5-4-12(19(26)27)6-17(13)18/h1-7,9-10,16H,11H2,(H,26,27)/t16-/m0/s1. The molecule has 28 heavy (non-hydrogen) atoms. The van der Waals surface area contributed by atoms with Crippen molar-refractivity contribution in [2.75, 3.05) is 16.3 Å². The maximum atomic E-state index is 13.2. The van der Waals surface area contributed by atoms with E-state index in [0.717, 1.165) is 0 Å². The van der Waals surface area contributed by atoms with E-state index in [1.54, 1.807) is 36.5 Å². The van der Waals surface area contributed by atoms with Crippen molar-refractivity contribution in [3.8, 4) is 6.07 Å². The number of nitrogens with zero attached hydrogens (tertiary/aromatic N) is 4. The first kappa shape index (κ1) is 17.8. The van der Waals surface area contributed by atoms with Crippen molar-refractivity contribution >= 4 is 45.7 Å². The first-order valence-electron chi connectivity index (χ1n) is 8.36. The molecule has 8 heteroatoms. The van der Waals surface area contributed by atoms with Gasteiger partial charge < -0.3 is 5.11 Å². The van der Waals surface area contributed by atoms with Crippen LogP contribution in [-0.4, -0.2) is 34.7 Å². The van der Waals surface area contributed by atoms with Crippen LogP contribution in [-0.2, 0) is 0 Å². The molecule has 1 aromatic heterocycles. The van der Waals surface area contributed by atoms with E-state index in [9.17, 15) is 20.0 Å². The number of benzene rings is 2. The lowest BCUT2D eigenvalue weighted by Crippen LogP contribution is -2.34. The van der Waals surface area contributed by atoms with Crippen LogP contribution in [0.2, 0.25) is 5.02 Å². The summed E-state index contributed by atoms with van der Waals surface area (Å²) in [6, 6.07) is 12.4. The molecule has 1 atom stereocenters. The zero-order chi connectivity index (χ0) is 19.8. The van der Waals surface area contributed by atoms with Crippen LogP contribution in [0, 0.1) is 11.3 Å². The Labute approximate surface area is 165 Å². The quantitative estimate of drug-likeness (QED) is 0.728. The normalized spacial score (nSPS) is 16.4. The van der Waals surface area contributed by atoms with Crippen LogP contribution in [0.5, 0.6) is 0 Å². The second kappa shape index (κ2) is 6.83. The van der Waals surface area contributed by atoms with Gasteiger partial charge >= 0.3 is 12.0 Å². The Morgan fingerprint density at radius 1 is 1.25 bits per heavy atom. The average molecular weight is 393 g/mol. The van der Waals surface area contributed by atoms with Gasteiger partial charge in [0.2, 0.25) is 0 Å². The molecule has 138 valence electrons. The van der Waals surface area contributed by atoms with Gasteiger partial charge in [0.15, 0.2) is 0 Å². The van der Waals surface area contributed by atoms with E-state index in [4.69, 9.17) is 11.6 Å². The molecule has 3 aromatic rings. The van der Waals surface area contributed by atoms with Crippen LogP contribution < -0.4 is 9.80 Å². The van der Waals surface area contributed by atoms with Gasteiger partial charge in [-0.3, -0.25) is 14.8 Å². The molecule has 4 rings (SSSR count). The molecule has 1 N–H and O–H groups in total. The number of hydrogen-bond donors (Lipinski definition) is 1. The van der Waals surface area contributed by atoms with Gasteiger partial charge in [-0.1, -0.05) is 23.7 Å². The largest absolute Gasteiger partial charge is 0.478 e. The highest BCUT2D eigenvalue weighted by molar-refractivity contribution is 6.31. The third-order valence-electron chi connectivity index (χ3n) is 4.62. The third kappa shape index (κ3) is 2.90. The number of aromatic carboxylic acids is 1. The molecule has 2 heterocycles. The van der Waals surface area contributed by atoms with E-state index in [-0.39, 0.29) is 12.1 Å². The van der Waals surface area contributed by atoms with Gasteiger partial charge in [-0.15, -0.1) is 0 Å². The summed E-state index contributed by atoms with van der Waals surface area (Å²) >= 11 is 6.04. The minimum Gasteiger partial charge on any atom is -0.478 e. The van der Waals surface area contributed by atoms with E-state index in [1.807, 2.05) is 0 Å².